The lowest BCUT2D eigenvalue weighted by Crippen LogP contribution is -2.80. The molecular formula is C51H50N4O13. The highest BCUT2D eigenvalue weighted by Crippen LogP contribution is 2.56. The first kappa shape index (κ1) is 44.7. The number of carbonyl (C=O) groups is 1. The molecular weight excluding hydrogens is 877 g/mol. The van der Waals surface area contributed by atoms with Gasteiger partial charge in [-0.05, 0) is 89.2 Å². The lowest BCUT2D eigenvalue weighted by molar-refractivity contribution is -0.346. The number of aromatic amines is 1. The van der Waals surface area contributed by atoms with Crippen molar-refractivity contribution in [2.24, 2.45) is 5.92 Å². The monoisotopic (exact) mass is 926 g/mol. The van der Waals surface area contributed by atoms with Gasteiger partial charge in [0.25, 0.3) is 0 Å². The number of aryl methyl sites for hydroxylation is 1. The third-order valence-electron chi connectivity index (χ3n) is 13.4. The lowest BCUT2D eigenvalue weighted by Gasteiger charge is -2.60. The average molecular weight is 927 g/mol. The molecule has 68 heavy (non-hydrogen) atoms. The van der Waals surface area contributed by atoms with E-state index in [4.69, 9.17) is 29.1 Å². The summed E-state index contributed by atoms with van der Waals surface area (Å²) in [7, 11) is 0. The molecule has 11 N–H and O–H groups in total. The molecule has 6 aromatic rings. The third-order valence-corrected chi connectivity index (χ3v) is 13.4. The fourth-order valence-electron chi connectivity index (χ4n) is 10.2. The molecule has 2 saturated heterocycles. The minimum atomic E-state index is -2.67. The van der Waals surface area contributed by atoms with Crippen LogP contribution in [-0.2, 0) is 35.4 Å². The molecule has 2 fully saturated rings. The highest BCUT2D eigenvalue weighted by Gasteiger charge is 2.73. The molecule has 352 valence electrons. The molecule has 4 aliphatic rings. The zero-order valence-corrected chi connectivity index (χ0v) is 36.8. The molecule has 4 heterocycles. The predicted molar refractivity (Wildman–Crippen MR) is 248 cm³/mol. The third kappa shape index (κ3) is 7.72. The molecule has 17 nitrogen and oxygen atoms in total. The number of phenols is 2. The Morgan fingerprint density at radius 3 is 2.49 bits per heavy atom. The Balaban J connectivity index is 1.08. The molecule has 0 spiro atoms. The first-order chi connectivity index (χ1) is 32.8. The molecule has 7 unspecified atom stereocenters. The van der Waals surface area contributed by atoms with E-state index in [9.17, 15) is 40.2 Å². The van der Waals surface area contributed by atoms with Gasteiger partial charge in [0.2, 0.25) is 12.0 Å². The summed E-state index contributed by atoms with van der Waals surface area (Å²) in [4.78, 5) is 30.4. The zero-order chi connectivity index (χ0) is 47.5. The van der Waals surface area contributed by atoms with Crippen molar-refractivity contribution in [3.8, 4) is 40.1 Å². The Bertz CT molecular complexity index is 3050. The van der Waals surface area contributed by atoms with Crippen LogP contribution in [-0.4, -0.2) is 97.2 Å². The molecule has 10 rings (SSSR count). The Morgan fingerprint density at radius 1 is 0.956 bits per heavy atom. The minimum absolute atomic E-state index is 0.0296. The number of aromatic hydroxyl groups is 2. The van der Waals surface area contributed by atoms with Gasteiger partial charge in [0, 0.05) is 55.0 Å². The van der Waals surface area contributed by atoms with Crippen molar-refractivity contribution in [2.45, 2.75) is 68.5 Å². The van der Waals surface area contributed by atoms with Crippen molar-refractivity contribution in [2.75, 3.05) is 25.6 Å². The zero-order valence-electron chi connectivity index (χ0n) is 36.8. The normalized spacial score (nSPS) is 25.1. The van der Waals surface area contributed by atoms with E-state index in [0.29, 0.717) is 60.9 Å². The van der Waals surface area contributed by atoms with Crippen molar-refractivity contribution in [1.82, 2.24) is 15.6 Å². The molecule has 17 heteroatoms. The van der Waals surface area contributed by atoms with Gasteiger partial charge in [-0.25, -0.2) is 4.79 Å². The van der Waals surface area contributed by atoms with Gasteiger partial charge in [0.15, 0.2) is 28.6 Å². The second-order valence-electron chi connectivity index (χ2n) is 17.6. The van der Waals surface area contributed by atoms with Gasteiger partial charge in [-0.1, -0.05) is 55.0 Å². The Labute approximate surface area is 388 Å². The number of fused-ring (bicyclic) bond motifs is 5. The Kier molecular flexibility index (Phi) is 11.5. The number of benzene rings is 4. The Hall–Kier alpha value is -7.12. The van der Waals surface area contributed by atoms with Crippen molar-refractivity contribution < 1.29 is 58.8 Å². The van der Waals surface area contributed by atoms with Gasteiger partial charge >= 0.3 is 5.97 Å². The van der Waals surface area contributed by atoms with Crippen LogP contribution in [0.25, 0.3) is 28.4 Å². The van der Waals surface area contributed by atoms with E-state index < -0.39 is 64.6 Å². The molecule has 2 aliphatic carbocycles. The van der Waals surface area contributed by atoms with E-state index in [1.54, 1.807) is 54.6 Å². The summed E-state index contributed by atoms with van der Waals surface area (Å²) in [6, 6.07) is 24.6. The summed E-state index contributed by atoms with van der Waals surface area (Å²) >= 11 is 0. The van der Waals surface area contributed by atoms with Gasteiger partial charge in [-0.2, -0.15) is 0 Å². The van der Waals surface area contributed by atoms with Crippen molar-refractivity contribution in [3.63, 3.8) is 0 Å². The number of ether oxygens (including phenoxy) is 4. The first-order valence-electron chi connectivity index (χ1n) is 22.3. The number of phenolic OH excluding ortho intramolecular Hbond substituents is 2. The summed E-state index contributed by atoms with van der Waals surface area (Å²) < 4.78 is 31.1. The van der Waals surface area contributed by atoms with Crippen LogP contribution < -0.4 is 36.0 Å². The topological polar surface area (TPSA) is 271 Å². The first-order valence-corrected chi connectivity index (χ1v) is 22.3. The van der Waals surface area contributed by atoms with Crippen LogP contribution in [0.15, 0.2) is 117 Å². The van der Waals surface area contributed by atoms with E-state index in [1.807, 2.05) is 37.3 Å². The van der Waals surface area contributed by atoms with E-state index in [2.05, 4.69) is 15.6 Å². The van der Waals surface area contributed by atoms with Gasteiger partial charge in [-0.15, -0.1) is 0 Å². The van der Waals surface area contributed by atoms with E-state index in [1.165, 1.54) is 18.2 Å². The molecule has 2 bridgehead atoms. The fraction of sp³-hybridized carbons (Fsp3) is 0.294. The molecule has 7 atom stereocenters. The SMILES string of the molecule is CCc1cc(O)cc(COc2c(OC3OC(C(=O)O)C4(O)C(C5CNCN5)C5=C(C=Cc6ccccc6C5)C3(O)C4O)cc3oc(-c4ccc(OCCc5ccc(N)[nH]5)cc4)cc(=O)c3c2O)c1. The maximum Gasteiger partial charge on any atom is 0.336 e. The number of carboxylic acids is 1. The summed E-state index contributed by atoms with van der Waals surface area (Å²) in [6.07, 6.45) is -1.79. The van der Waals surface area contributed by atoms with Gasteiger partial charge in [0.05, 0.1) is 6.61 Å². The number of nitrogen functional groups attached to an aromatic ring is 1. The number of hydrogen-bond donors (Lipinski definition) is 10. The van der Waals surface area contributed by atoms with E-state index in [0.717, 1.165) is 22.4 Å². The van der Waals surface area contributed by atoms with Crippen molar-refractivity contribution >= 4 is 28.8 Å². The molecule has 0 amide bonds. The standard InChI is InChI=1S/C51H50N4O13/c1-2-26-17-27(19-32(56)18-26)24-65-45-40(22-39-42(44(45)58)37(57)21-38(66-39)29-7-11-33(12-8-29)64-16-15-31-10-14-41(52)55-31)67-49-50(62)35-13-9-28-5-3-4-6-30(28)20-34(35)43(36-23-53-25-54-36)51(63,48(50)61)46(68-49)47(59)60/h3-14,17-19,21-22,36,43,46,48-49,53-56,58,61-63H,2,15-16,20,23-25,52H2,1H3,(H,59,60). The number of aromatic nitrogens is 1. The molecule has 2 aliphatic heterocycles. The second kappa shape index (κ2) is 17.5. The van der Waals surface area contributed by atoms with Crippen LogP contribution >= 0.6 is 0 Å². The fourth-order valence-corrected chi connectivity index (χ4v) is 10.2. The van der Waals surface area contributed by atoms with Crippen LogP contribution in [0.4, 0.5) is 5.82 Å². The van der Waals surface area contributed by atoms with Crippen LogP contribution in [0.3, 0.4) is 0 Å². The number of aliphatic hydroxyl groups is 3. The maximum absolute atomic E-state index is 14.0. The van der Waals surface area contributed by atoms with E-state index in [-0.39, 0.29) is 46.8 Å². The average Bonchev–Trinajstić information content (AvgIpc) is 3.96. The molecule has 0 saturated carbocycles. The molecule has 4 aromatic carbocycles. The summed E-state index contributed by atoms with van der Waals surface area (Å²) in [5.74, 6) is -3.07. The Morgan fingerprint density at radius 2 is 1.75 bits per heavy atom. The number of aliphatic carboxylic acids is 1. The largest absolute Gasteiger partial charge is 0.508 e. The van der Waals surface area contributed by atoms with Crippen LogP contribution in [0.5, 0.6) is 28.7 Å². The lowest BCUT2D eigenvalue weighted by atomic mass is 9.57. The van der Waals surface area contributed by atoms with Gasteiger partial charge in [0.1, 0.15) is 52.4 Å². The summed E-state index contributed by atoms with van der Waals surface area (Å²) in [6.45, 7) is 2.65. The van der Waals surface area contributed by atoms with Crippen LogP contribution in [0.1, 0.15) is 34.9 Å². The number of nitrogens with two attached hydrogens (primary N) is 1. The molecule has 0 radical (unpaired) electrons. The number of rotatable bonds is 13. The van der Waals surface area contributed by atoms with Gasteiger partial charge < -0.3 is 70.0 Å². The van der Waals surface area contributed by atoms with Crippen molar-refractivity contribution in [3.05, 3.63) is 146 Å². The second-order valence-corrected chi connectivity index (χ2v) is 17.6. The smallest absolute Gasteiger partial charge is 0.336 e. The maximum atomic E-state index is 14.0. The van der Waals surface area contributed by atoms with Crippen molar-refractivity contribution in [1.29, 1.82) is 0 Å². The number of anilines is 1. The number of nitrogens with one attached hydrogen (secondary N) is 3. The minimum Gasteiger partial charge on any atom is -0.508 e. The summed E-state index contributed by atoms with van der Waals surface area (Å²) in [5.41, 5.74) is 4.54. The van der Waals surface area contributed by atoms with Gasteiger partial charge in [-0.3, -0.25) is 10.1 Å². The van der Waals surface area contributed by atoms with Crippen LogP contribution in [0, 0.1) is 5.92 Å². The number of aliphatic hydroxyl groups excluding tert-OH is 1. The number of carboxylic acid groups (broad SMARTS) is 1. The number of H-pyrrole nitrogens is 1. The number of hydrogen-bond acceptors (Lipinski definition) is 15. The highest BCUT2D eigenvalue weighted by atomic mass is 16.7. The van der Waals surface area contributed by atoms with E-state index >= 15 is 0 Å². The highest BCUT2D eigenvalue weighted by molar-refractivity contribution is 5.89. The summed E-state index contributed by atoms with van der Waals surface area (Å²) in [5, 5.41) is 77.9. The quantitative estimate of drug-likeness (QED) is 0.0775. The predicted octanol–water partition coefficient (Wildman–Crippen LogP) is 4.27. The van der Waals surface area contributed by atoms with Crippen LogP contribution in [0.2, 0.25) is 0 Å². The molecule has 2 aromatic heterocycles.